The molecule has 1 aliphatic heterocycles. The summed E-state index contributed by atoms with van der Waals surface area (Å²) in [5.41, 5.74) is 0.326. The van der Waals surface area contributed by atoms with Crippen molar-refractivity contribution in [1.29, 1.82) is 0 Å². The van der Waals surface area contributed by atoms with Crippen molar-refractivity contribution in [2.24, 2.45) is 0 Å². The molecule has 0 aliphatic carbocycles. The third-order valence-electron chi connectivity index (χ3n) is 4.39. The zero-order chi connectivity index (χ0) is 19.1. The van der Waals surface area contributed by atoms with E-state index in [9.17, 15) is 13.6 Å². The number of carbonyl (C=O) groups is 1. The van der Waals surface area contributed by atoms with Crippen LogP contribution in [0.4, 0.5) is 8.78 Å². The predicted molar refractivity (Wildman–Crippen MR) is 93.4 cm³/mol. The van der Waals surface area contributed by atoms with E-state index in [0.29, 0.717) is 12.1 Å². The molecule has 0 saturated carbocycles. The van der Waals surface area contributed by atoms with Gasteiger partial charge in [0.2, 0.25) is 5.75 Å². The average molecular weight is 372 g/mol. The molecule has 1 amide bonds. The zero-order valence-electron chi connectivity index (χ0n) is 15.4. The molecular formula is C18H26F2N2O4. The van der Waals surface area contributed by atoms with E-state index in [2.05, 4.69) is 10.1 Å². The Labute approximate surface area is 152 Å². The fraction of sp³-hybridized carbons (Fsp3) is 0.611. The molecule has 0 radical (unpaired) electrons. The molecule has 0 aromatic heterocycles. The highest BCUT2D eigenvalue weighted by atomic mass is 19.3. The lowest BCUT2D eigenvalue weighted by atomic mass is 10.0. The number of ether oxygens (including phenoxy) is 3. The largest absolute Gasteiger partial charge is 0.493 e. The van der Waals surface area contributed by atoms with Crippen LogP contribution in [0.3, 0.4) is 0 Å². The van der Waals surface area contributed by atoms with Crippen molar-refractivity contribution in [3.05, 3.63) is 17.7 Å². The summed E-state index contributed by atoms with van der Waals surface area (Å²) in [6.07, 6.45) is 2.59. The molecule has 26 heavy (non-hydrogen) atoms. The number of piperidine rings is 1. The average Bonchev–Trinajstić information content (AvgIpc) is 2.65. The molecule has 0 atom stereocenters. The van der Waals surface area contributed by atoms with E-state index in [1.54, 1.807) is 0 Å². The van der Waals surface area contributed by atoms with Crippen molar-refractivity contribution in [1.82, 2.24) is 10.2 Å². The van der Waals surface area contributed by atoms with Crippen LogP contribution in [0.15, 0.2) is 12.1 Å². The lowest BCUT2D eigenvalue weighted by Gasteiger charge is -2.34. The quantitative estimate of drug-likeness (QED) is 0.760. The number of rotatable bonds is 8. The molecule has 1 aliphatic rings. The van der Waals surface area contributed by atoms with Gasteiger partial charge in [0, 0.05) is 18.2 Å². The number of carbonyl (C=O) groups excluding carboxylic acids is 1. The van der Waals surface area contributed by atoms with Crippen molar-refractivity contribution in [3.63, 3.8) is 0 Å². The first-order valence-electron chi connectivity index (χ1n) is 8.74. The van der Waals surface area contributed by atoms with Crippen LogP contribution in [-0.4, -0.2) is 57.3 Å². The van der Waals surface area contributed by atoms with E-state index in [1.807, 2.05) is 11.8 Å². The summed E-state index contributed by atoms with van der Waals surface area (Å²) < 4.78 is 40.1. The topological polar surface area (TPSA) is 60.0 Å². The maximum absolute atomic E-state index is 13.1. The second-order valence-corrected chi connectivity index (χ2v) is 6.07. The van der Waals surface area contributed by atoms with E-state index < -0.39 is 6.61 Å². The van der Waals surface area contributed by atoms with Crippen molar-refractivity contribution in [3.8, 4) is 17.2 Å². The molecule has 1 saturated heterocycles. The first kappa shape index (κ1) is 20.2. The van der Waals surface area contributed by atoms with Gasteiger partial charge in [-0.2, -0.15) is 8.78 Å². The van der Waals surface area contributed by atoms with Gasteiger partial charge in [-0.25, -0.2) is 0 Å². The molecule has 1 N–H and O–H groups in total. The smallest absolute Gasteiger partial charge is 0.387 e. The summed E-state index contributed by atoms with van der Waals surface area (Å²) in [6.45, 7) is 1.36. The van der Waals surface area contributed by atoms with Crippen molar-refractivity contribution < 1.29 is 27.8 Å². The Morgan fingerprint density at radius 2 is 1.81 bits per heavy atom. The number of halogens is 2. The van der Waals surface area contributed by atoms with Crippen LogP contribution in [0, 0.1) is 0 Å². The van der Waals surface area contributed by atoms with Gasteiger partial charge in [-0.05, 0) is 44.5 Å². The Bertz CT molecular complexity index is 582. The van der Waals surface area contributed by atoms with Gasteiger partial charge in [0.1, 0.15) is 0 Å². The van der Waals surface area contributed by atoms with E-state index in [1.165, 1.54) is 26.4 Å². The number of hydrogen-bond acceptors (Lipinski definition) is 5. The molecule has 8 heteroatoms. The molecule has 1 fully saturated rings. The van der Waals surface area contributed by atoms with Crippen LogP contribution in [0.25, 0.3) is 0 Å². The van der Waals surface area contributed by atoms with Crippen LogP contribution in [0.5, 0.6) is 17.2 Å². The summed E-state index contributed by atoms with van der Waals surface area (Å²) in [5.74, 6) is -0.311. The van der Waals surface area contributed by atoms with Gasteiger partial charge in [0.15, 0.2) is 11.5 Å². The minimum Gasteiger partial charge on any atom is -0.493 e. The number of benzene rings is 1. The Morgan fingerprint density at radius 3 is 2.27 bits per heavy atom. The minimum absolute atomic E-state index is 0.0368. The van der Waals surface area contributed by atoms with Crippen LogP contribution in [0.2, 0.25) is 0 Å². The monoisotopic (exact) mass is 372 g/mol. The number of methoxy groups -OCH3 is 2. The van der Waals surface area contributed by atoms with Gasteiger partial charge in [0.25, 0.3) is 5.91 Å². The summed E-state index contributed by atoms with van der Waals surface area (Å²) in [4.78, 5) is 15.0. The molecule has 0 spiro atoms. The molecular weight excluding hydrogens is 346 g/mol. The van der Waals surface area contributed by atoms with E-state index in [4.69, 9.17) is 9.47 Å². The van der Waals surface area contributed by atoms with Crippen LogP contribution in [-0.2, 0) is 0 Å². The van der Waals surface area contributed by atoms with Gasteiger partial charge < -0.3 is 24.4 Å². The molecule has 2 rings (SSSR count). The maximum Gasteiger partial charge on any atom is 0.387 e. The molecule has 146 valence electrons. The Hall–Kier alpha value is -2.09. The van der Waals surface area contributed by atoms with Crippen LogP contribution in [0.1, 0.15) is 36.5 Å². The fourth-order valence-electron chi connectivity index (χ4n) is 3.18. The highest BCUT2D eigenvalue weighted by Gasteiger charge is 2.28. The normalized spacial score (nSPS) is 15.0. The predicted octanol–water partition coefficient (Wildman–Crippen LogP) is 2.91. The Kier molecular flexibility index (Phi) is 7.44. The number of hydrogen-bond donors (Lipinski definition) is 1. The fourth-order valence-corrected chi connectivity index (χ4v) is 3.18. The SMILES string of the molecule is CCCN(C(=O)c1cc(OC)c(OC(F)F)c(OC)c1)C1CCNCC1. The van der Waals surface area contributed by atoms with Crippen LogP contribution >= 0.6 is 0 Å². The van der Waals surface area contributed by atoms with Gasteiger partial charge in [-0.1, -0.05) is 6.92 Å². The van der Waals surface area contributed by atoms with Crippen molar-refractivity contribution in [2.45, 2.75) is 38.8 Å². The van der Waals surface area contributed by atoms with E-state index in [0.717, 1.165) is 32.4 Å². The molecule has 0 bridgehead atoms. The molecule has 1 aromatic carbocycles. The third kappa shape index (κ3) is 4.75. The molecule has 6 nitrogen and oxygen atoms in total. The molecule has 1 aromatic rings. The number of nitrogens with zero attached hydrogens (tertiary/aromatic N) is 1. The summed E-state index contributed by atoms with van der Waals surface area (Å²) in [5, 5.41) is 3.29. The number of amides is 1. The van der Waals surface area contributed by atoms with Gasteiger partial charge in [-0.3, -0.25) is 4.79 Å². The highest BCUT2D eigenvalue weighted by Crippen LogP contribution is 2.40. The lowest BCUT2D eigenvalue weighted by molar-refractivity contribution is -0.0526. The van der Waals surface area contributed by atoms with Crippen LogP contribution < -0.4 is 19.5 Å². The van der Waals surface area contributed by atoms with Gasteiger partial charge in [-0.15, -0.1) is 0 Å². The summed E-state index contributed by atoms with van der Waals surface area (Å²) in [6, 6.07) is 3.00. The second kappa shape index (κ2) is 9.56. The van der Waals surface area contributed by atoms with E-state index in [-0.39, 0.29) is 29.2 Å². The minimum atomic E-state index is -3.02. The maximum atomic E-state index is 13.1. The van der Waals surface area contributed by atoms with E-state index >= 15 is 0 Å². The number of alkyl halides is 2. The summed E-state index contributed by atoms with van der Waals surface area (Å²) >= 11 is 0. The standard InChI is InChI=1S/C18H26F2N2O4/c1-4-9-22(13-5-7-21-8-6-13)17(23)12-10-14(24-2)16(26-18(19)20)15(11-12)25-3/h10-11,13,18,21H,4-9H2,1-3H3. The van der Waals surface area contributed by atoms with Gasteiger partial charge in [0.05, 0.1) is 14.2 Å². The third-order valence-corrected chi connectivity index (χ3v) is 4.39. The van der Waals surface area contributed by atoms with Crippen molar-refractivity contribution >= 4 is 5.91 Å². The highest BCUT2D eigenvalue weighted by molar-refractivity contribution is 5.96. The summed E-state index contributed by atoms with van der Waals surface area (Å²) in [7, 11) is 2.66. The lowest BCUT2D eigenvalue weighted by Crippen LogP contribution is -2.46. The molecule has 1 heterocycles. The van der Waals surface area contributed by atoms with Gasteiger partial charge >= 0.3 is 6.61 Å². The Morgan fingerprint density at radius 1 is 1.23 bits per heavy atom. The van der Waals surface area contributed by atoms with Crippen molar-refractivity contribution in [2.75, 3.05) is 33.9 Å². The zero-order valence-corrected chi connectivity index (χ0v) is 15.4. The molecule has 0 unspecified atom stereocenters. The number of nitrogens with one attached hydrogen (secondary N) is 1. The Balaban J connectivity index is 2.36. The first-order chi connectivity index (χ1) is 12.5. The second-order valence-electron chi connectivity index (χ2n) is 6.07. The first-order valence-corrected chi connectivity index (χ1v) is 8.74.